The first-order valence-corrected chi connectivity index (χ1v) is 8.17. The third kappa shape index (κ3) is 5.41. The molecule has 138 valence electrons. The molecule has 1 atom stereocenters. The van der Waals surface area contributed by atoms with Gasteiger partial charge in [0.25, 0.3) is 11.8 Å². The average molecular weight is 358 g/mol. The van der Waals surface area contributed by atoms with Crippen LogP contribution >= 0.6 is 0 Å². The van der Waals surface area contributed by atoms with Gasteiger partial charge in [-0.15, -0.1) is 0 Å². The van der Waals surface area contributed by atoms with Crippen LogP contribution in [0.3, 0.4) is 0 Å². The number of carbonyl (C=O) groups is 2. The highest BCUT2D eigenvalue weighted by Crippen LogP contribution is 2.18. The lowest BCUT2D eigenvalue weighted by Gasteiger charge is -2.15. The normalized spacial score (nSPS) is 11.2. The van der Waals surface area contributed by atoms with Crippen molar-refractivity contribution in [1.29, 1.82) is 0 Å². The number of nitrogens with one attached hydrogen (secondary N) is 2. The van der Waals surface area contributed by atoms with Gasteiger partial charge in [-0.05, 0) is 56.3 Å². The second-order valence-corrected chi connectivity index (χ2v) is 5.34. The van der Waals surface area contributed by atoms with E-state index in [1.165, 1.54) is 7.11 Å². The summed E-state index contributed by atoms with van der Waals surface area (Å²) in [6.07, 6.45) is -0.793. The topological polar surface area (TPSA) is 85.9 Å². The standard InChI is InChI=1S/C19H22N2O5/c1-4-25-15-8-10-16(11-9-15)26-13(2)18(22)20-21-19(23)14-6-5-7-17(12-14)24-3/h5-13H,4H2,1-3H3,(H,20,22)(H,21,23)/t13-/m1/s1. The number of carbonyl (C=O) groups excluding carboxylic acids is 2. The quantitative estimate of drug-likeness (QED) is 0.742. The monoisotopic (exact) mass is 358 g/mol. The molecular weight excluding hydrogens is 336 g/mol. The first-order valence-electron chi connectivity index (χ1n) is 8.17. The van der Waals surface area contributed by atoms with Crippen LogP contribution < -0.4 is 25.1 Å². The van der Waals surface area contributed by atoms with Gasteiger partial charge in [0.2, 0.25) is 0 Å². The predicted molar refractivity (Wildman–Crippen MR) is 96.3 cm³/mol. The Morgan fingerprint density at radius 3 is 2.35 bits per heavy atom. The maximum atomic E-state index is 12.1. The highest BCUT2D eigenvalue weighted by molar-refractivity contribution is 5.96. The van der Waals surface area contributed by atoms with E-state index in [0.717, 1.165) is 5.75 Å². The highest BCUT2D eigenvalue weighted by atomic mass is 16.5. The number of methoxy groups -OCH3 is 1. The molecule has 0 aliphatic heterocycles. The molecular formula is C19H22N2O5. The van der Waals surface area contributed by atoms with Crippen molar-refractivity contribution in [3.8, 4) is 17.2 Å². The summed E-state index contributed by atoms with van der Waals surface area (Å²) >= 11 is 0. The van der Waals surface area contributed by atoms with Gasteiger partial charge in [-0.2, -0.15) is 0 Å². The lowest BCUT2D eigenvalue weighted by molar-refractivity contribution is -0.128. The van der Waals surface area contributed by atoms with Gasteiger partial charge < -0.3 is 14.2 Å². The molecule has 2 rings (SSSR count). The van der Waals surface area contributed by atoms with Crippen LogP contribution in [0, 0.1) is 0 Å². The molecule has 7 heteroatoms. The van der Waals surface area contributed by atoms with Crippen molar-refractivity contribution in [2.75, 3.05) is 13.7 Å². The first kappa shape index (κ1) is 19.1. The Bertz CT molecular complexity index is 746. The maximum absolute atomic E-state index is 12.1. The molecule has 0 saturated heterocycles. The van der Waals surface area contributed by atoms with Crippen LogP contribution in [0.25, 0.3) is 0 Å². The van der Waals surface area contributed by atoms with Crippen molar-refractivity contribution in [2.24, 2.45) is 0 Å². The largest absolute Gasteiger partial charge is 0.497 e. The minimum absolute atomic E-state index is 0.365. The van der Waals surface area contributed by atoms with Gasteiger partial charge in [0, 0.05) is 5.56 Å². The molecule has 0 aliphatic carbocycles. The minimum Gasteiger partial charge on any atom is -0.497 e. The van der Waals surface area contributed by atoms with Gasteiger partial charge in [0.05, 0.1) is 13.7 Å². The summed E-state index contributed by atoms with van der Waals surface area (Å²) in [6.45, 7) is 4.06. The Labute approximate surface area is 152 Å². The molecule has 2 amide bonds. The van der Waals surface area contributed by atoms with Gasteiger partial charge in [-0.3, -0.25) is 20.4 Å². The van der Waals surface area contributed by atoms with Crippen LogP contribution in [0.15, 0.2) is 48.5 Å². The molecule has 0 unspecified atom stereocenters. The molecule has 0 bridgehead atoms. The molecule has 0 spiro atoms. The second kappa shape index (κ2) is 9.31. The van der Waals surface area contributed by atoms with E-state index in [2.05, 4.69) is 10.9 Å². The molecule has 26 heavy (non-hydrogen) atoms. The summed E-state index contributed by atoms with van der Waals surface area (Å²) in [5.74, 6) is 0.870. The molecule has 0 aliphatic rings. The summed E-state index contributed by atoms with van der Waals surface area (Å²) < 4.78 is 16.0. The molecule has 0 saturated carbocycles. The Balaban J connectivity index is 1.85. The lowest BCUT2D eigenvalue weighted by Crippen LogP contribution is -2.47. The third-order valence-electron chi connectivity index (χ3n) is 3.45. The van der Waals surface area contributed by atoms with Crippen LogP contribution in [0.2, 0.25) is 0 Å². The van der Waals surface area contributed by atoms with Crippen LogP contribution in [-0.2, 0) is 4.79 Å². The van der Waals surface area contributed by atoms with Gasteiger partial charge >= 0.3 is 0 Å². The SMILES string of the molecule is CCOc1ccc(O[C@H](C)C(=O)NNC(=O)c2cccc(OC)c2)cc1. The smallest absolute Gasteiger partial charge is 0.279 e. The van der Waals surface area contributed by atoms with Crippen molar-refractivity contribution in [2.45, 2.75) is 20.0 Å². The average Bonchev–Trinajstić information content (AvgIpc) is 2.67. The number of ether oxygens (including phenoxy) is 3. The van der Waals surface area contributed by atoms with Gasteiger partial charge in [-0.1, -0.05) is 6.07 Å². The fourth-order valence-corrected chi connectivity index (χ4v) is 2.10. The van der Waals surface area contributed by atoms with E-state index in [9.17, 15) is 9.59 Å². The number of hydrogen-bond acceptors (Lipinski definition) is 5. The van der Waals surface area contributed by atoms with E-state index < -0.39 is 17.9 Å². The fraction of sp³-hybridized carbons (Fsp3) is 0.263. The van der Waals surface area contributed by atoms with Crippen molar-refractivity contribution in [3.05, 3.63) is 54.1 Å². The molecule has 2 aromatic carbocycles. The number of amides is 2. The van der Waals surface area contributed by atoms with Crippen molar-refractivity contribution in [1.82, 2.24) is 10.9 Å². The van der Waals surface area contributed by atoms with E-state index in [-0.39, 0.29) is 0 Å². The summed E-state index contributed by atoms with van der Waals surface area (Å²) in [4.78, 5) is 24.1. The molecule has 0 aromatic heterocycles. The molecule has 0 radical (unpaired) electrons. The third-order valence-corrected chi connectivity index (χ3v) is 3.45. The zero-order valence-electron chi connectivity index (χ0n) is 14.9. The molecule has 0 fully saturated rings. The first-order chi connectivity index (χ1) is 12.5. The van der Waals surface area contributed by atoms with Crippen LogP contribution in [0.4, 0.5) is 0 Å². The second-order valence-electron chi connectivity index (χ2n) is 5.34. The van der Waals surface area contributed by atoms with Crippen LogP contribution in [-0.4, -0.2) is 31.6 Å². The Hall–Kier alpha value is -3.22. The van der Waals surface area contributed by atoms with Crippen molar-refractivity contribution >= 4 is 11.8 Å². The van der Waals surface area contributed by atoms with Gasteiger partial charge in [0.1, 0.15) is 17.2 Å². The van der Waals surface area contributed by atoms with Gasteiger partial charge in [-0.25, -0.2) is 0 Å². The van der Waals surface area contributed by atoms with Crippen LogP contribution in [0.1, 0.15) is 24.2 Å². The lowest BCUT2D eigenvalue weighted by atomic mass is 10.2. The molecule has 2 aromatic rings. The minimum atomic E-state index is -0.793. The van der Waals surface area contributed by atoms with Gasteiger partial charge in [0.15, 0.2) is 6.10 Å². The number of rotatable bonds is 7. The van der Waals surface area contributed by atoms with E-state index >= 15 is 0 Å². The fourth-order valence-electron chi connectivity index (χ4n) is 2.10. The van der Waals surface area contributed by atoms with Crippen molar-refractivity contribution < 1.29 is 23.8 Å². The zero-order chi connectivity index (χ0) is 18.9. The highest BCUT2D eigenvalue weighted by Gasteiger charge is 2.16. The van der Waals surface area contributed by atoms with E-state index in [1.54, 1.807) is 55.5 Å². The van der Waals surface area contributed by atoms with Crippen LogP contribution in [0.5, 0.6) is 17.2 Å². The predicted octanol–water partition coefficient (Wildman–Crippen LogP) is 2.32. The van der Waals surface area contributed by atoms with E-state index in [1.807, 2.05) is 6.92 Å². The molecule has 2 N–H and O–H groups in total. The summed E-state index contributed by atoms with van der Waals surface area (Å²) in [5.41, 5.74) is 5.06. The number of benzene rings is 2. The van der Waals surface area contributed by atoms with E-state index in [4.69, 9.17) is 14.2 Å². The zero-order valence-corrected chi connectivity index (χ0v) is 14.9. The summed E-state index contributed by atoms with van der Waals surface area (Å²) in [7, 11) is 1.51. The Kier molecular flexibility index (Phi) is 6.84. The summed E-state index contributed by atoms with van der Waals surface area (Å²) in [6, 6.07) is 13.5. The van der Waals surface area contributed by atoms with Crippen molar-refractivity contribution in [3.63, 3.8) is 0 Å². The number of hydrogen-bond donors (Lipinski definition) is 2. The molecule has 7 nitrogen and oxygen atoms in total. The Morgan fingerprint density at radius 1 is 1.00 bits per heavy atom. The molecule has 0 heterocycles. The Morgan fingerprint density at radius 2 is 1.69 bits per heavy atom. The number of hydrazine groups is 1. The van der Waals surface area contributed by atoms with E-state index in [0.29, 0.717) is 23.7 Å². The summed E-state index contributed by atoms with van der Waals surface area (Å²) in [5, 5.41) is 0. The maximum Gasteiger partial charge on any atom is 0.279 e.